The third-order valence-electron chi connectivity index (χ3n) is 6.01. The molecule has 1 unspecified atom stereocenters. The molecule has 37 heavy (non-hydrogen) atoms. The molecule has 4 aromatic rings. The van der Waals surface area contributed by atoms with E-state index in [9.17, 15) is 14.0 Å². The van der Waals surface area contributed by atoms with E-state index in [1.807, 2.05) is 34.9 Å². The second-order valence-electron chi connectivity index (χ2n) is 8.80. The summed E-state index contributed by atoms with van der Waals surface area (Å²) in [6.45, 7) is 9.91. The second kappa shape index (κ2) is 11.5. The van der Waals surface area contributed by atoms with Crippen LogP contribution in [0, 0.1) is 0 Å². The van der Waals surface area contributed by atoms with Gasteiger partial charge >= 0.3 is 0 Å². The topological polar surface area (TPSA) is 88.1 Å². The first-order chi connectivity index (χ1) is 17.8. The molecule has 0 fully saturated rings. The van der Waals surface area contributed by atoms with Crippen molar-refractivity contribution in [3.63, 3.8) is 0 Å². The predicted octanol–water partition coefficient (Wildman–Crippen LogP) is 6.38. The molecule has 0 aliphatic carbocycles. The van der Waals surface area contributed by atoms with Crippen LogP contribution in [0.25, 0.3) is 16.7 Å². The van der Waals surface area contributed by atoms with Gasteiger partial charge in [-0.15, -0.1) is 11.3 Å². The molecule has 4 rings (SSSR count). The first kappa shape index (κ1) is 26.2. The highest BCUT2D eigenvalue weighted by atomic mass is 32.1. The normalized spacial score (nSPS) is 12.8. The zero-order valence-corrected chi connectivity index (χ0v) is 21.9. The number of imidazole rings is 1. The molecule has 2 aromatic heterocycles. The van der Waals surface area contributed by atoms with E-state index in [0.717, 1.165) is 28.8 Å². The van der Waals surface area contributed by atoms with Crippen LogP contribution in [-0.4, -0.2) is 27.4 Å². The van der Waals surface area contributed by atoms with Crippen LogP contribution in [0.5, 0.6) is 0 Å². The minimum Gasteiger partial charge on any atom is -0.322 e. The van der Waals surface area contributed by atoms with Gasteiger partial charge in [0.1, 0.15) is 6.17 Å². The highest BCUT2D eigenvalue weighted by Crippen LogP contribution is 2.29. The van der Waals surface area contributed by atoms with Gasteiger partial charge in [0.05, 0.1) is 21.6 Å². The quantitative estimate of drug-likeness (QED) is 0.212. The fraction of sp³-hybridized carbons (Fsp3) is 0.250. The molecule has 2 atom stereocenters. The number of hydrogen-bond acceptors (Lipinski definition) is 5. The Balaban J connectivity index is 1.74. The van der Waals surface area contributed by atoms with Gasteiger partial charge in [-0.2, -0.15) is 0 Å². The Morgan fingerprint density at radius 1 is 1.14 bits per heavy atom. The zero-order chi connectivity index (χ0) is 26.5. The highest BCUT2D eigenvalue weighted by Gasteiger charge is 2.19. The van der Waals surface area contributed by atoms with E-state index in [1.54, 1.807) is 24.3 Å². The Morgan fingerprint density at radius 3 is 2.65 bits per heavy atom. The van der Waals surface area contributed by atoms with Crippen molar-refractivity contribution in [3.05, 3.63) is 82.6 Å². The maximum absolute atomic E-state index is 13.7. The van der Waals surface area contributed by atoms with Crippen molar-refractivity contribution in [2.75, 3.05) is 10.6 Å². The third kappa shape index (κ3) is 6.12. The summed E-state index contributed by atoms with van der Waals surface area (Å²) in [4.78, 5) is 30.5. The first-order valence-corrected chi connectivity index (χ1v) is 12.9. The van der Waals surface area contributed by atoms with Gasteiger partial charge in [0.2, 0.25) is 11.9 Å². The Kier molecular flexibility index (Phi) is 8.15. The van der Waals surface area contributed by atoms with Gasteiger partial charge in [0, 0.05) is 23.2 Å². The van der Waals surface area contributed by atoms with Gasteiger partial charge in [0.15, 0.2) is 0 Å². The lowest BCUT2D eigenvalue weighted by molar-refractivity contribution is -0.111. The Morgan fingerprint density at radius 2 is 1.95 bits per heavy atom. The lowest BCUT2D eigenvalue weighted by Crippen LogP contribution is -2.24. The Labute approximate surface area is 219 Å². The average Bonchev–Trinajstić information content (AvgIpc) is 3.52. The molecule has 7 nitrogen and oxygen atoms in total. The van der Waals surface area contributed by atoms with Crippen LogP contribution in [0.1, 0.15) is 53.5 Å². The molecule has 0 aliphatic heterocycles. The molecule has 0 spiro atoms. The van der Waals surface area contributed by atoms with E-state index in [0.29, 0.717) is 45.2 Å². The van der Waals surface area contributed by atoms with Crippen molar-refractivity contribution in [2.24, 2.45) is 0 Å². The number of hydrogen-bond donors (Lipinski definition) is 3. The second-order valence-corrected chi connectivity index (χ2v) is 9.92. The number of alkyl halides is 1. The number of carbonyl (C=O) groups excluding carboxylic acids is 2. The number of thiophene rings is 1. The summed E-state index contributed by atoms with van der Waals surface area (Å²) in [7, 11) is 0. The number of amides is 2. The summed E-state index contributed by atoms with van der Waals surface area (Å²) in [5.74, 6) is -0.374. The minimum atomic E-state index is -1.15. The van der Waals surface area contributed by atoms with Gasteiger partial charge in [-0.05, 0) is 74.4 Å². The average molecular weight is 520 g/mol. The minimum absolute atomic E-state index is 0.322. The van der Waals surface area contributed by atoms with Crippen molar-refractivity contribution in [3.8, 4) is 5.69 Å². The molecule has 0 radical (unpaired) electrons. The van der Waals surface area contributed by atoms with Crippen molar-refractivity contribution < 1.29 is 14.0 Å². The number of nitrogens with zero attached hydrogens (tertiary/aromatic N) is 2. The van der Waals surface area contributed by atoms with E-state index in [1.165, 1.54) is 13.0 Å². The monoisotopic (exact) mass is 519 g/mol. The summed E-state index contributed by atoms with van der Waals surface area (Å²) < 4.78 is 15.5. The standard InChI is InChI=1S/C28H30FN5O2S/c1-5-17(3)30-16-19-10-11-23-22(14-19)32-28(33-27(36)25-13-12-24(37-25)18(4)29)34(23)21-9-7-8-20(15-21)31-26(35)6-2/h6-15,17-18,30H,2,5,16H2,1,3-4H3,(H,31,35)(H,32,33,36)/t17-,18?/m0/s1. The van der Waals surface area contributed by atoms with Crippen molar-refractivity contribution >= 4 is 45.8 Å². The van der Waals surface area contributed by atoms with Gasteiger partial charge in [-0.3, -0.25) is 19.5 Å². The van der Waals surface area contributed by atoms with Crippen molar-refractivity contribution in [1.82, 2.24) is 14.9 Å². The molecule has 192 valence electrons. The number of aromatic nitrogens is 2. The third-order valence-corrected chi connectivity index (χ3v) is 7.25. The van der Waals surface area contributed by atoms with E-state index >= 15 is 0 Å². The Bertz CT molecular complexity index is 1440. The summed E-state index contributed by atoms with van der Waals surface area (Å²) in [5.41, 5.74) is 3.86. The van der Waals surface area contributed by atoms with E-state index in [4.69, 9.17) is 4.98 Å². The molecule has 0 bridgehead atoms. The maximum Gasteiger partial charge on any atom is 0.268 e. The van der Waals surface area contributed by atoms with Gasteiger partial charge in [-0.25, -0.2) is 9.37 Å². The summed E-state index contributed by atoms with van der Waals surface area (Å²) in [6, 6.07) is 16.9. The highest BCUT2D eigenvalue weighted by molar-refractivity contribution is 7.14. The van der Waals surface area contributed by atoms with Crippen LogP contribution >= 0.6 is 11.3 Å². The number of fused-ring (bicyclic) bond motifs is 1. The van der Waals surface area contributed by atoms with E-state index in [-0.39, 0.29) is 11.8 Å². The van der Waals surface area contributed by atoms with Crippen LogP contribution < -0.4 is 16.0 Å². The largest absolute Gasteiger partial charge is 0.322 e. The SMILES string of the molecule is C=CC(=O)Nc1cccc(-n2c(NC(=O)c3ccc(C(C)F)s3)nc3cc(CN[C@@H](C)CC)ccc32)c1. The lowest BCUT2D eigenvalue weighted by Gasteiger charge is -2.12. The van der Waals surface area contributed by atoms with Crippen LogP contribution in [0.2, 0.25) is 0 Å². The van der Waals surface area contributed by atoms with Crippen LogP contribution in [0.4, 0.5) is 16.0 Å². The summed E-state index contributed by atoms with van der Waals surface area (Å²) in [5, 5.41) is 9.14. The molecule has 0 saturated carbocycles. The van der Waals surface area contributed by atoms with Gasteiger partial charge in [-0.1, -0.05) is 25.6 Å². The Hall–Kier alpha value is -3.82. The van der Waals surface area contributed by atoms with Crippen molar-refractivity contribution in [1.29, 1.82) is 0 Å². The first-order valence-electron chi connectivity index (χ1n) is 12.1. The molecule has 3 N–H and O–H groups in total. The number of rotatable bonds is 10. The predicted molar refractivity (Wildman–Crippen MR) is 148 cm³/mol. The lowest BCUT2D eigenvalue weighted by atomic mass is 10.1. The number of halogens is 1. The van der Waals surface area contributed by atoms with Crippen molar-refractivity contribution in [2.45, 2.75) is 46.0 Å². The number of benzene rings is 2. The molecule has 2 heterocycles. The molecule has 0 aliphatic rings. The molecule has 2 aromatic carbocycles. The number of carbonyl (C=O) groups is 2. The molecule has 0 saturated heterocycles. The number of nitrogens with one attached hydrogen (secondary N) is 3. The molecular weight excluding hydrogens is 489 g/mol. The summed E-state index contributed by atoms with van der Waals surface area (Å²) >= 11 is 1.11. The van der Waals surface area contributed by atoms with Crippen LogP contribution in [0.3, 0.4) is 0 Å². The van der Waals surface area contributed by atoms with E-state index in [2.05, 4.69) is 36.4 Å². The smallest absolute Gasteiger partial charge is 0.268 e. The van der Waals surface area contributed by atoms with Crippen LogP contribution in [0.15, 0.2) is 67.3 Å². The van der Waals surface area contributed by atoms with Crippen LogP contribution in [-0.2, 0) is 11.3 Å². The molecular formula is C28H30FN5O2S. The number of anilines is 2. The fourth-order valence-electron chi connectivity index (χ4n) is 3.79. The summed E-state index contributed by atoms with van der Waals surface area (Å²) in [6.07, 6.45) is 1.08. The van der Waals surface area contributed by atoms with E-state index < -0.39 is 6.17 Å². The fourth-order valence-corrected chi connectivity index (χ4v) is 4.62. The zero-order valence-electron chi connectivity index (χ0n) is 21.0. The molecule has 9 heteroatoms. The van der Waals surface area contributed by atoms with Gasteiger partial charge < -0.3 is 10.6 Å². The van der Waals surface area contributed by atoms with Gasteiger partial charge in [0.25, 0.3) is 5.91 Å². The molecule has 2 amide bonds. The maximum atomic E-state index is 13.7.